The Hall–Kier alpha value is -3.27. The van der Waals surface area contributed by atoms with Crippen LogP contribution in [-0.2, 0) is 6.42 Å². The summed E-state index contributed by atoms with van der Waals surface area (Å²) >= 11 is 0. The number of aryl methyl sites for hydroxylation is 1. The zero-order valence-electron chi connectivity index (χ0n) is 13.8. The van der Waals surface area contributed by atoms with Gasteiger partial charge in [-0.15, -0.1) is 0 Å². The van der Waals surface area contributed by atoms with Crippen LogP contribution in [0.1, 0.15) is 12.5 Å². The molecule has 2 heterocycles. The molecule has 4 heteroatoms. The van der Waals surface area contributed by atoms with Crippen LogP contribution >= 0.6 is 0 Å². The molecule has 0 unspecified atom stereocenters. The molecule has 4 nitrogen and oxygen atoms in total. The van der Waals surface area contributed by atoms with Crippen molar-refractivity contribution in [1.82, 2.24) is 9.97 Å². The summed E-state index contributed by atoms with van der Waals surface area (Å²) in [6, 6.07) is 19.0. The van der Waals surface area contributed by atoms with Crippen LogP contribution in [0.3, 0.4) is 0 Å². The Balaban J connectivity index is 1.71. The summed E-state index contributed by atoms with van der Waals surface area (Å²) in [6.45, 7) is 2.11. The topological polar surface area (TPSA) is 56.0 Å². The molecule has 0 saturated carbocycles. The van der Waals surface area contributed by atoms with Gasteiger partial charge >= 0.3 is 5.63 Å². The van der Waals surface area contributed by atoms with Gasteiger partial charge in [0.05, 0.1) is 16.6 Å². The molecular formula is C21H16N2O2. The lowest BCUT2D eigenvalue weighted by molar-refractivity contribution is 0.518. The zero-order chi connectivity index (χ0) is 17.2. The highest BCUT2D eigenvalue weighted by atomic mass is 16.4. The summed E-state index contributed by atoms with van der Waals surface area (Å²) in [5.41, 5.74) is 4.15. The fraction of sp³-hybridized carbons (Fsp3) is 0.0952. The van der Waals surface area contributed by atoms with Crippen molar-refractivity contribution in [3.8, 4) is 22.7 Å². The molecule has 2 aromatic heterocycles. The highest BCUT2D eigenvalue weighted by Crippen LogP contribution is 2.23. The maximum absolute atomic E-state index is 12.1. The third-order valence-corrected chi connectivity index (χ3v) is 4.20. The quantitative estimate of drug-likeness (QED) is 0.556. The number of fused-ring (bicyclic) bond motifs is 1. The number of pyridine rings is 1. The average molecular weight is 328 g/mol. The third-order valence-electron chi connectivity index (χ3n) is 4.20. The Morgan fingerprint density at radius 2 is 1.68 bits per heavy atom. The summed E-state index contributed by atoms with van der Waals surface area (Å²) < 4.78 is 5.37. The highest BCUT2D eigenvalue weighted by molar-refractivity contribution is 5.78. The van der Waals surface area contributed by atoms with Crippen molar-refractivity contribution < 1.29 is 4.42 Å². The van der Waals surface area contributed by atoms with E-state index in [0.717, 1.165) is 23.2 Å². The minimum Gasteiger partial charge on any atom is -0.403 e. The van der Waals surface area contributed by atoms with Crippen molar-refractivity contribution in [3.05, 3.63) is 82.8 Å². The number of aromatic nitrogens is 2. The molecule has 122 valence electrons. The van der Waals surface area contributed by atoms with Gasteiger partial charge < -0.3 is 4.42 Å². The van der Waals surface area contributed by atoms with Gasteiger partial charge in [-0.2, -0.15) is 0 Å². The molecule has 0 bridgehead atoms. The molecule has 0 atom stereocenters. The summed E-state index contributed by atoms with van der Waals surface area (Å²) in [6.07, 6.45) is 2.87. The fourth-order valence-electron chi connectivity index (χ4n) is 2.73. The van der Waals surface area contributed by atoms with Gasteiger partial charge in [-0.25, -0.2) is 9.78 Å². The molecule has 4 rings (SSSR count). The van der Waals surface area contributed by atoms with Crippen LogP contribution in [0.5, 0.6) is 0 Å². The van der Waals surface area contributed by atoms with Crippen LogP contribution in [-0.4, -0.2) is 9.97 Å². The van der Waals surface area contributed by atoms with E-state index in [2.05, 4.69) is 23.0 Å². The van der Waals surface area contributed by atoms with Crippen LogP contribution in [0, 0.1) is 0 Å². The lowest BCUT2D eigenvalue weighted by Crippen LogP contribution is -2.02. The Morgan fingerprint density at radius 3 is 2.40 bits per heavy atom. The lowest BCUT2D eigenvalue weighted by Gasteiger charge is -2.05. The summed E-state index contributed by atoms with van der Waals surface area (Å²) in [5, 5.41) is 0.489. The highest BCUT2D eigenvalue weighted by Gasteiger charge is 2.08. The molecule has 2 aromatic carbocycles. The van der Waals surface area contributed by atoms with Gasteiger partial charge in [-0.05, 0) is 42.3 Å². The van der Waals surface area contributed by atoms with E-state index in [0.29, 0.717) is 16.8 Å². The van der Waals surface area contributed by atoms with Crippen molar-refractivity contribution in [2.45, 2.75) is 13.3 Å². The first-order chi connectivity index (χ1) is 12.2. The first-order valence-electron chi connectivity index (χ1n) is 8.20. The minimum atomic E-state index is -0.374. The molecule has 0 aliphatic heterocycles. The second kappa shape index (κ2) is 6.32. The predicted molar refractivity (Wildman–Crippen MR) is 98.3 cm³/mol. The Bertz CT molecular complexity index is 1080. The molecule has 0 saturated heterocycles. The van der Waals surface area contributed by atoms with Gasteiger partial charge in [0.2, 0.25) is 5.89 Å². The van der Waals surface area contributed by atoms with E-state index in [4.69, 9.17) is 4.42 Å². The Labute approximate surface area is 144 Å². The van der Waals surface area contributed by atoms with E-state index >= 15 is 0 Å². The van der Waals surface area contributed by atoms with E-state index in [1.54, 1.807) is 12.1 Å². The number of rotatable bonds is 3. The van der Waals surface area contributed by atoms with Crippen molar-refractivity contribution in [3.63, 3.8) is 0 Å². The Morgan fingerprint density at radius 1 is 0.920 bits per heavy atom. The second-order valence-corrected chi connectivity index (χ2v) is 5.81. The van der Waals surface area contributed by atoms with Crippen LogP contribution in [0.4, 0.5) is 0 Å². The normalized spacial score (nSPS) is 10.9. The molecule has 0 aliphatic carbocycles. The van der Waals surface area contributed by atoms with Gasteiger partial charge in [0, 0.05) is 17.3 Å². The number of hydrogen-bond acceptors (Lipinski definition) is 4. The molecular weight excluding hydrogens is 312 g/mol. The molecule has 0 spiro atoms. The van der Waals surface area contributed by atoms with Gasteiger partial charge in [-0.3, -0.25) is 4.98 Å². The number of hydrogen-bond donors (Lipinski definition) is 0. The van der Waals surface area contributed by atoms with E-state index in [1.165, 1.54) is 5.56 Å². The largest absolute Gasteiger partial charge is 0.403 e. The van der Waals surface area contributed by atoms with Gasteiger partial charge in [0.25, 0.3) is 0 Å². The standard InChI is InChI=1S/C21H16N2O2/c1-2-14-7-12-18(22-13-14)15-8-10-16(11-9-15)20-23-19-6-4-3-5-17(19)21(24)25-20/h3-13H,2H2,1H3. The van der Waals surface area contributed by atoms with Crippen molar-refractivity contribution in [1.29, 1.82) is 0 Å². The maximum Gasteiger partial charge on any atom is 0.347 e. The predicted octanol–water partition coefficient (Wildman–Crippen LogP) is 4.48. The van der Waals surface area contributed by atoms with E-state index in [-0.39, 0.29) is 5.63 Å². The van der Waals surface area contributed by atoms with Crippen molar-refractivity contribution in [2.75, 3.05) is 0 Å². The van der Waals surface area contributed by atoms with E-state index in [1.807, 2.05) is 48.7 Å². The summed E-state index contributed by atoms with van der Waals surface area (Å²) in [5.74, 6) is 0.324. The number of benzene rings is 2. The van der Waals surface area contributed by atoms with Gasteiger partial charge in [0.15, 0.2) is 0 Å². The van der Waals surface area contributed by atoms with Crippen LogP contribution < -0.4 is 5.63 Å². The summed E-state index contributed by atoms with van der Waals surface area (Å²) in [4.78, 5) is 21.0. The molecule has 25 heavy (non-hydrogen) atoms. The minimum absolute atomic E-state index is 0.324. The summed E-state index contributed by atoms with van der Waals surface area (Å²) in [7, 11) is 0. The smallest absolute Gasteiger partial charge is 0.347 e. The maximum atomic E-state index is 12.1. The number of para-hydroxylation sites is 1. The van der Waals surface area contributed by atoms with Crippen molar-refractivity contribution >= 4 is 10.9 Å². The Kier molecular flexibility index (Phi) is 3.86. The molecule has 0 N–H and O–H groups in total. The molecule has 0 fully saturated rings. The number of nitrogens with zero attached hydrogens (tertiary/aromatic N) is 2. The lowest BCUT2D eigenvalue weighted by atomic mass is 10.1. The molecule has 0 radical (unpaired) electrons. The first kappa shape index (κ1) is 15.3. The third kappa shape index (κ3) is 2.94. The van der Waals surface area contributed by atoms with Gasteiger partial charge in [0.1, 0.15) is 0 Å². The average Bonchev–Trinajstić information content (AvgIpc) is 2.68. The SMILES string of the molecule is CCc1ccc(-c2ccc(-c3nc4ccccc4c(=O)o3)cc2)nc1. The first-order valence-corrected chi connectivity index (χ1v) is 8.20. The molecule has 0 amide bonds. The zero-order valence-corrected chi connectivity index (χ0v) is 13.8. The van der Waals surface area contributed by atoms with Crippen LogP contribution in [0.15, 0.2) is 76.1 Å². The molecule has 4 aromatic rings. The van der Waals surface area contributed by atoms with E-state index < -0.39 is 0 Å². The van der Waals surface area contributed by atoms with Crippen LogP contribution in [0.25, 0.3) is 33.6 Å². The molecule has 0 aliphatic rings. The van der Waals surface area contributed by atoms with Crippen molar-refractivity contribution in [2.24, 2.45) is 0 Å². The van der Waals surface area contributed by atoms with E-state index in [9.17, 15) is 4.79 Å². The second-order valence-electron chi connectivity index (χ2n) is 5.81. The van der Waals surface area contributed by atoms with Crippen LogP contribution in [0.2, 0.25) is 0 Å². The fourth-order valence-corrected chi connectivity index (χ4v) is 2.73. The van der Waals surface area contributed by atoms with Gasteiger partial charge in [-0.1, -0.05) is 37.3 Å². The monoisotopic (exact) mass is 328 g/mol.